The molecule has 0 atom stereocenters. The van der Waals surface area contributed by atoms with Crippen LogP contribution < -0.4 is 5.73 Å². The molecule has 7 heteroatoms. The van der Waals surface area contributed by atoms with Crippen molar-refractivity contribution in [3.05, 3.63) is 58.4 Å². The van der Waals surface area contributed by atoms with Crippen LogP contribution in [-0.4, -0.2) is 15.1 Å². The fourth-order valence-electron chi connectivity index (χ4n) is 2.58. The molecule has 0 aliphatic rings. The average molecular weight is 341 g/mol. The molecule has 0 unspecified atom stereocenters. The molecule has 3 aromatic heterocycles. The average Bonchev–Trinajstić information content (AvgIpc) is 3.14. The molecule has 0 fully saturated rings. The third-order valence-electron chi connectivity index (χ3n) is 3.64. The van der Waals surface area contributed by atoms with E-state index in [0.717, 1.165) is 11.3 Å². The normalized spacial score (nSPS) is 11.2. The van der Waals surface area contributed by atoms with Crippen LogP contribution in [0.3, 0.4) is 0 Å². The maximum atomic E-state index is 6.03. The van der Waals surface area contributed by atoms with Gasteiger partial charge in [0.1, 0.15) is 17.0 Å². The molecular formula is C17H13ClN4O2. The zero-order valence-electron chi connectivity index (χ0n) is 12.8. The van der Waals surface area contributed by atoms with E-state index in [-0.39, 0.29) is 5.95 Å². The van der Waals surface area contributed by atoms with Crippen molar-refractivity contribution in [2.24, 2.45) is 0 Å². The van der Waals surface area contributed by atoms with Gasteiger partial charge in [0, 0.05) is 11.4 Å². The van der Waals surface area contributed by atoms with Gasteiger partial charge in [0.2, 0.25) is 11.5 Å². The highest BCUT2D eigenvalue weighted by Gasteiger charge is 2.19. The van der Waals surface area contributed by atoms with Crippen LogP contribution in [0.25, 0.3) is 22.6 Å². The Morgan fingerprint density at radius 1 is 1.17 bits per heavy atom. The Morgan fingerprint density at radius 2 is 2.04 bits per heavy atom. The lowest BCUT2D eigenvalue weighted by atomic mass is 10.1. The van der Waals surface area contributed by atoms with Crippen LogP contribution in [-0.2, 0) is 6.42 Å². The van der Waals surface area contributed by atoms with Crippen molar-refractivity contribution in [2.45, 2.75) is 13.3 Å². The first-order valence-electron chi connectivity index (χ1n) is 7.33. The van der Waals surface area contributed by atoms with Gasteiger partial charge in [0.05, 0.1) is 0 Å². The van der Waals surface area contributed by atoms with Gasteiger partial charge in [-0.15, -0.1) is 0 Å². The lowest BCUT2D eigenvalue weighted by molar-refractivity contribution is 0.446. The Morgan fingerprint density at radius 3 is 2.79 bits per heavy atom. The molecule has 0 saturated carbocycles. The first-order chi connectivity index (χ1) is 11.6. The minimum atomic E-state index is 0.141. The van der Waals surface area contributed by atoms with Gasteiger partial charge in [0.15, 0.2) is 11.5 Å². The number of hydrogen-bond acceptors (Lipinski definition) is 6. The molecule has 0 saturated heterocycles. The van der Waals surface area contributed by atoms with Crippen molar-refractivity contribution in [2.75, 3.05) is 5.73 Å². The highest BCUT2D eigenvalue weighted by atomic mass is 35.5. The van der Waals surface area contributed by atoms with Gasteiger partial charge in [-0.1, -0.05) is 28.9 Å². The SMILES string of the molecule is Cc1ccc(-c2nc(N)nc3c(Cc4cccc(Cl)c4)noc23)o1. The maximum absolute atomic E-state index is 6.03. The van der Waals surface area contributed by atoms with E-state index in [0.29, 0.717) is 39.7 Å². The number of nitrogens with zero attached hydrogens (tertiary/aromatic N) is 3. The summed E-state index contributed by atoms with van der Waals surface area (Å²) in [5.74, 6) is 1.48. The van der Waals surface area contributed by atoms with Crippen LogP contribution in [0.2, 0.25) is 5.02 Å². The van der Waals surface area contributed by atoms with Crippen LogP contribution in [0.4, 0.5) is 5.95 Å². The van der Waals surface area contributed by atoms with E-state index in [2.05, 4.69) is 15.1 Å². The Hall–Kier alpha value is -2.86. The van der Waals surface area contributed by atoms with Crippen LogP contribution in [0, 0.1) is 6.92 Å². The molecule has 0 spiro atoms. The van der Waals surface area contributed by atoms with Gasteiger partial charge >= 0.3 is 0 Å². The molecule has 0 amide bonds. The number of rotatable bonds is 3. The number of fused-ring (bicyclic) bond motifs is 1. The Labute approximate surface area is 142 Å². The van der Waals surface area contributed by atoms with Crippen molar-refractivity contribution in [1.82, 2.24) is 15.1 Å². The smallest absolute Gasteiger partial charge is 0.221 e. The maximum Gasteiger partial charge on any atom is 0.221 e. The first kappa shape index (κ1) is 14.7. The van der Waals surface area contributed by atoms with Gasteiger partial charge in [0.25, 0.3) is 0 Å². The summed E-state index contributed by atoms with van der Waals surface area (Å²) >= 11 is 6.03. The molecule has 1 aromatic carbocycles. The van der Waals surface area contributed by atoms with E-state index in [4.69, 9.17) is 26.3 Å². The molecule has 120 valence electrons. The van der Waals surface area contributed by atoms with Gasteiger partial charge in [-0.05, 0) is 36.8 Å². The molecule has 24 heavy (non-hydrogen) atoms. The fourth-order valence-corrected chi connectivity index (χ4v) is 2.79. The molecular weight excluding hydrogens is 328 g/mol. The number of hydrogen-bond donors (Lipinski definition) is 1. The number of nitrogens with two attached hydrogens (primary N) is 1. The Bertz CT molecular complexity index is 1040. The third kappa shape index (κ3) is 2.61. The third-order valence-corrected chi connectivity index (χ3v) is 3.87. The van der Waals surface area contributed by atoms with E-state index in [1.54, 1.807) is 0 Å². The fraction of sp³-hybridized carbons (Fsp3) is 0.118. The number of halogens is 1. The number of nitrogen functional groups attached to an aromatic ring is 1. The molecule has 0 radical (unpaired) electrons. The van der Waals surface area contributed by atoms with Crippen molar-refractivity contribution in [3.63, 3.8) is 0 Å². The minimum absolute atomic E-state index is 0.141. The predicted octanol–water partition coefficient (Wildman–Crippen LogP) is 4.01. The second-order valence-corrected chi connectivity index (χ2v) is 5.89. The van der Waals surface area contributed by atoms with Crippen molar-refractivity contribution < 1.29 is 8.94 Å². The molecule has 0 aliphatic carbocycles. The molecule has 3 heterocycles. The Kier molecular flexibility index (Phi) is 3.46. The van der Waals surface area contributed by atoms with Crippen LogP contribution in [0.15, 0.2) is 45.3 Å². The molecule has 6 nitrogen and oxygen atoms in total. The van der Waals surface area contributed by atoms with Gasteiger partial charge in [-0.2, -0.15) is 0 Å². The summed E-state index contributed by atoms with van der Waals surface area (Å²) in [7, 11) is 0. The van der Waals surface area contributed by atoms with E-state index < -0.39 is 0 Å². The zero-order chi connectivity index (χ0) is 16.7. The summed E-state index contributed by atoms with van der Waals surface area (Å²) in [6, 6.07) is 11.2. The summed E-state index contributed by atoms with van der Waals surface area (Å²) < 4.78 is 11.1. The second-order valence-electron chi connectivity index (χ2n) is 5.45. The second kappa shape index (κ2) is 5.65. The van der Waals surface area contributed by atoms with Crippen molar-refractivity contribution in [3.8, 4) is 11.5 Å². The number of furan rings is 1. The topological polar surface area (TPSA) is 91.0 Å². The van der Waals surface area contributed by atoms with Crippen molar-refractivity contribution >= 4 is 28.6 Å². The largest absolute Gasteiger partial charge is 0.460 e. The quantitative estimate of drug-likeness (QED) is 0.605. The van der Waals surface area contributed by atoms with E-state index in [9.17, 15) is 0 Å². The van der Waals surface area contributed by atoms with Crippen LogP contribution >= 0.6 is 11.6 Å². The van der Waals surface area contributed by atoms with Gasteiger partial charge in [-0.25, -0.2) is 9.97 Å². The highest BCUT2D eigenvalue weighted by molar-refractivity contribution is 6.30. The van der Waals surface area contributed by atoms with E-state index in [1.807, 2.05) is 43.3 Å². The summed E-state index contributed by atoms with van der Waals surface area (Å²) in [5.41, 5.74) is 9.06. The molecule has 4 rings (SSSR count). The zero-order valence-corrected chi connectivity index (χ0v) is 13.5. The summed E-state index contributed by atoms with van der Waals surface area (Å²) in [5, 5.41) is 4.80. The highest BCUT2D eigenvalue weighted by Crippen LogP contribution is 2.30. The first-order valence-corrected chi connectivity index (χ1v) is 7.71. The molecule has 4 aromatic rings. The van der Waals surface area contributed by atoms with Gasteiger partial charge in [-0.3, -0.25) is 0 Å². The summed E-state index contributed by atoms with van der Waals surface area (Å²) in [6.07, 6.45) is 0.528. The van der Waals surface area contributed by atoms with E-state index >= 15 is 0 Å². The minimum Gasteiger partial charge on any atom is -0.460 e. The standard InChI is InChI=1S/C17H13ClN4O2/c1-9-5-6-13(23-9)15-16-14(20-17(19)21-15)12(22-24-16)8-10-3-2-4-11(18)7-10/h2-7H,8H2,1H3,(H2,19,20,21). The van der Waals surface area contributed by atoms with E-state index in [1.165, 1.54) is 0 Å². The number of aromatic nitrogens is 3. The lowest BCUT2D eigenvalue weighted by Gasteiger charge is -2.01. The monoisotopic (exact) mass is 340 g/mol. The number of anilines is 1. The summed E-state index contributed by atoms with van der Waals surface area (Å²) in [6.45, 7) is 1.86. The Balaban J connectivity index is 1.83. The predicted molar refractivity (Wildman–Crippen MR) is 90.7 cm³/mol. The summed E-state index contributed by atoms with van der Waals surface area (Å²) in [4.78, 5) is 8.52. The number of benzene rings is 1. The van der Waals surface area contributed by atoms with Crippen LogP contribution in [0.1, 0.15) is 17.0 Å². The molecule has 0 aliphatic heterocycles. The van der Waals surface area contributed by atoms with Crippen molar-refractivity contribution in [1.29, 1.82) is 0 Å². The molecule has 0 bridgehead atoms. The van der Waals surface area contributed by atoms with Crippen LogP contribution in [0.5, 0.6) is 0 Å². The molecule has 2 N–H and O–H groups in total. The van der Waals surface area contributed by atoms with Gasteiger partial charge < -0.3 is 14.7 Å². The number of aryl methyl sites for hydroxylation is 1. The lowest BCUT2D eigenvalue weighted by Crippen LogP contribution is -1.98.